The van der Waals surface area contributed by atoms with Crippen molar-refractivity contribution in [2.75, 3.05) is 5.32 Å². The van der Waals surface area contributed by atoms with Crippen LogP contribution in [0, 0.1) is 0 Å². The Kier molecular flexibility index (Phi) is 3.82. The molecule has 6 nitrogen and oxygen atoms in total. The van der Waals surface area contributed by atoms with E-state index in [4.69, 9.17) is 10.8 Å². The highest BCUT2D eigenvalue weighted by Crippen LogP contribution is 2.10. The number of carbonyl (C=O) groups is 2. The van der Waals surface area contributed by atoms with Gasteiger partial charge in [-0.15, -0.1) is 0 Å². The van der Waals surface area contributed by atoms with Gasteiger partial charge in [-0.05, 0) is 19.1 Å². The largest absolute Gasteiger partial charge is 0.481 e. The number of nitrogens with two attached hydrogens (primary N) is 1. The molecule has 0 radical (unpaired) electrons. The zero-order valence-corrected chi connectivity index (χ0v) is 8.80. The van der Waals surface area contributed by atoms with Gasteiger partial charge in [-0.1, -0.05) is 0 Å². The Morgan fingerprint density at radius 1 is 1.62 bits per heavy atom. The summed E-state index contributed by atoms with van der Waals surface area (Å²) in [6.45, 7) is 1.73. The molecule has 1 heterocycles. The van der Waals surface area contributed by atoms with Crippen molar-refractivity contribution in [1.29, 1.82) is 0 Å². The molecule has 16 heavy (non-hydrogen) atoms. The third-order valence-electron chi connectivity index (χ3n) is 1.91. The lowest BCUT2D eigenvalue weighted by molar-refractivity contribution is -0.137. The van der Waals surface area contributed by atoms with Gasteiger partial charge in [0.25, 0.3) is 5.91 Å². The summed E-state index contributed by atoms with van der Waals surface area (Å²) in [5.74, 6) is -1.50. The monoisotopic (exact) mass is 223 g/mol. The Balaban J connectivity index is 2.70. The highest BCUT2D eigenvalue weighted by molar-refractivity contribution is 5.91. The van der Waals surface area contributed by atoms with E-state index in [9.17, 15) is 9.59 Å². The number of carboxylic acid groups (broad SMARTS) is 1. The summed E-state index contributed by atoms with van der Waals surface area (Å²) in [6.07, 6.45) is 1.43. The number of carbonyl (C=O) groups excluding carboxylic acids is 1. The first-order valence-corrected chi connectivity index (χ1v) is 4.73. The lowest BCUT2D eigenvalue weighted by Gasteiger charge is -2.12. The molecule has 0 saturated heterocycles. The number of rotatable bonds is 5. The van der Waals surface area contributed by atoms with Crippen LogP contribution in [0.1, 0.15) is 23.8 Å². The third-order valence-corrected chi connectivity index (χ3v) is 1.91. The number of primary amides is 1. The Morgan fingerprint density at radius 2 is 2.31 bits per heavy atom. The number of aliphatic carboxylic acids is 1. The number of anilines is 1. The number of aromatic nitrogens is 1. The van der Waals surface area contributed by atoms with Crippen LogP contribution in [0.3, 0.4) is 0 Å². The molecule has 1 amide bonds. The van der Waals surface area contributed by atoms with Crippen LogP contribution in [0.2, 0.25) is 0 Å². The second kappa shape index (κ2) is 5.11. The van der Waals surface area contributed by atoms with Gasteiger partial charge < -0.3 is 16.2 Å². The molecule has 4 N–H and O–H groups in total. The maximum atomic E-state index is 10.9. The molecule has 0 aliphatic heterocycles. The summed E-state index contributed by atoms with van der Waals surface area (Å²) >= 11 is 0. The lowest BCUT2D eigenvalue weighted by Crippen LogP contribution is -2.20. The van der Waals surface area contributed by atoms with Gasteiger partial charge in [0.15, 0.2) is 0 Å². The summed E-state index contributed by atoms with van der Waals surface area (Å²) in [5.41, 5.74) is 5.84. The maximum Gasteiger partial charge on any atom is 0.305 e. The van der Waals surface area contributed by atoms with Gasteiger partial charge in [0.05, 0.1) is 6.42 Å². The smallest absolute Gasteiger partial charge is 0.305 e. The van der Waals surface area contributed by atoms with Gasteiger partial charge >= 0.3 is 5.97 Å². The number of hydrogen-bond donors (Lipinski definition) is 3. The van der Waals surface area contributed by atoms with Gasteiger partial charge in [0, 0.05) is 17.9 Å². The summed E-state index contributed by atoms with van der Waals surface area (Å²) in [6, 6.07) is 2.89. The number of hydrogen-bond acceptors (Lipinski definition) is 4. The minimum Gasteiger partial charge on any atom is -0.481 e. The van der Waals surface area contributed by atoms with Crippen molar-refractivity contribution in [3.63, 3.8) is 0 Å². The van der Waals surface area contributed by atoms with Crippen molar-refractivity contribution in [1.82, 2.24) is 4.98 Å². The molecule has 0 saturated carbocycles. The SMILES string of the molecule is CC(CC(=O)O)Nc1ccnc(C(N)=O)c1. The number of carboxylic acids is 1. The molecule has 6 heteroatoms. The molecule has 0 fully saturated rings. The molecule has 86 valence electrons. The van der Waals surface area contributed by atoms with Crippen molar-refractivity contribution in [3.05, 3.63) is 24.0 Å². The summed E-state index contributed by atoms with van der Waals surface area (Å²) in [4.78, 5) is 25.1. The summed E-state index contributed by atoms with van der Waals surface area (Å²) in [7, 11) is 0. The van der Waals surface area contributed by atoms with Crippen molar-refractivity contribution < 1.29 is 14.7 Å². The fraction of sp³-hybridized carbons (Fsp3) is 0.300. The van der Waals surface area contributed by atoms with Crippen LogP contribution >= 0.6 is 0 Å². The van der Waals surface area contributed by atoms with Gasteiger partial charge in [-0.2, -0.15) is 0 Å². The lowest BCUT2D eigenvalue weighted by atomic mass is 10.2. The summed E-state index contributed by atoms with van der Waals surface area (Å²) in [5, 5.41) is 11.5. The Bertz CT molecular complexity index is 406. The average molecular weight is 223 g/mol. The molecule has 1 aromatic heterocycles. The predicted molar refractivity (Wildman–Crippen MR) is 58.1 cm³/mol. The first-order valence-electron chi connectivity index (χ1n) is 4.73. The van der Waals surface area contributed by atoms with E-state index in [0.717, 1.165) is 0 Å². The number of amides is 1. The van der Waals surface area contributed by atoms with Gasteiger partial charge in [0.1, 0.15) is 5.69 Å². The van der Waals surface area contributed by atoms with E-state index >= 15 is 0 Å². The molecule has 1 atom stereocenters. The quantitative estimate of drug-likeness (QED) is 0.672. The van der Waals surface area contributed by atoms with Crippen molar-refractivity contribution >= 4 is 17.6 Å². The van der Waals surface area contributed by atoms with Crippen LogP contribution in [0.4, 0.5) is 5.69 Å². The fourth-order valence-corrected chi connectivity index (χ4v) is 1.25. The molecule has 0 aromatic carbocycles. The highest BCUT2D eigenvalue weighted by atomic mass is 16.4. The van der Waals surface area contributed by atoms with Crippen LogP contribution in [-0.2, 0) is 4.79 Å². The van der Waals surface area contributed by atoms with E-state index < -0.39 is 11.9 Å². The van der Waals surface area contributed by atoms with Gasteiger partial charge in [0.2, 0.25) is 0 Å². The Hall–Kier alpha value is -2.11. The van der Waals surface area contributed by atoms with Crippen LogP contribution in [0.5, 0.6) is 0 Å². The molecule has 0 bridgehead atoms. The van der Waals surface area contributed by atoms with E-state index in [-0.39, 0.29) is 18.2 Å². The van der Waals surface area contributed by atoms with Crippen molar-refractivity contribution in [3.8, 4) is 0 Å². The van der Waals surface area contributed by atoms with Crippen molar-refractivity contribution in [2.45, 2.75) is 19.4 Å². The average Bonchev–Trinajstić information content (AvgIpc) is 2.16. The number of nitrogens with one attached hydrogen (secondary N) is 1. The first kappa shape index (κ1) is 12.0. The predicted octanol–water partition coefficient (Wildman–Crippen LogP) is 0.456. The topological polar surface area (TPSA) is 105 Å². The Labute approximate surface area is 92.5 Å². The maximum absolute atomic E-state index is 10.9. The first-order chi connectivity index (χ1) is 7.49. The molecule has 0 aliphatic carbocycles. The minimum absolute atomic E-state index is 0.00573. The molecule has 1 unspecified atom stereocenters. The Morgan fingerprint density at radius 3 is 2.88 bits per heavy atom. The standard InChI is InChI=1S/C10H13N3O3/c1-6(4-9(14)15)13-7-2-3-12-8(5-7)10(11)16/h2-3,5-6H,4H2,1H3,(H2,11,16)(H,12,13)(H,14,15). The second-order valence-electron chi connectivity index (χ2n) is 3.44. The van der Waals surface area contributed by atoms with Gasteiger partial charge in [-0.3, -0.25) is 14.6 Å². The molecule has 0 spiro atoms. The third kappa shape index (κ3) is 3.56. The fourth-order valence-electron chi connectivity index (χ4n) is 1.25. The van der Waals surface area contributed by atoms with Gasteiger partial charge in [-0.25, -0.2) is 0 Å². The minimum atomic E-state index is -0.885. The van der Waals surface area contributed by atoms with E-state index in [0.29, 0.717) is 5.69 Å². The van der Waals surface area contributed by atoms with Crippen LogP contribution in [0.25, 0.3) is 0 Å². The van der Waals surface area contributed by atoms with E-state index in [1.54, 1.807) is 13.0 Å². The normalized spacial score (nSPS) is 11.8. The second-order valence-corrected chi connectivity index (χ2v) is 3.44. The molecular formula is C10H13N3O3. The van der Waals surface area contributed by atoms with Crippen molar-refractivity contribution in [2.24, 2.45) is 5.73 Å². The molecule has 0 aliphatic rings. The van der Waals surface area contributed by atoms with Crippen LogP contribution in [-0.4, -0.2) is 28.0 Å². The molecule has 1 rings (SSSR count). The summed E-state index contributed by atoms with van der Waals surface area (Å²) < 4.78 is 0. The highest BCUT2D eigenvalue weighted by Gasteiger charge is 2.08. The van der Waals surface area contributed by atoms with Crippen LogP contribution < -0.4 is 11.1 Å². The zero-order chi connectivity index (χ0) is 12.1. The van der Waals surface area contributed by atoms with E-state index in [2.05, 4.69) is 10.3 Å². The zero-order valence-electron chi connectivity index (χ0n) is 8.80. The van der Waals surface area contributed by atoms with E-state index in [1.807, 2.05) is 0 Å². The molecule has 1 aromatic rings. The molecular weight excluding hydrogens is 210 g/mol. The number of nitrogens with zero attached hydrogens (tertiary/aromatic N) is 1. The van der Waals surface area contributed by atoms with E-state index in [1.165, 1.54) is 12.3 Å². The number of pyridine rings is 1. The van der Waals surface area contributed by atoms with Crippen LogP contribution in [0.15, 0.2) is 18.3 Å².